The SMILES string of the molecule is C=C/C=C\c1c(C)c(-c2n[nH]c(N)n2)nn1Cc1c(F)cc(OCC)cc1F. The Morgan fingerprint density at radius 2 is 2.04 bits per heavy atom. The molecule has 3 aromatic rings. The van der Waals surface area contributed by atoms with Gasteiger partial charge in [-0.05, 0) is 19.9 Å². The summed E-state index contributed by atoms with van der Waals surface area (Å²) >= 11 is 0. The van der Waals surface area contributed by atoms with Crippen LogP contribution >= 0.6 is 0 Å². The molecule has 0 amide bonds. The second kappa shape index (κ2) is 8.03. The fourth-order valence-electron chi connectivity index (χ4n) is 2.78. The molecular weight excluding hydrogens is 366 g/mol. The van der Waals surface area contributed by atoms with Crippen LogP contribution in [0.25, 0.3) is 17.6 Å². The van der Waals surface area contributed by atoms with Crippen molar-refractivity contribution in [3.63, 3.8) is 0 Å². The lowest BCUT2D eigenvalue weighted by Crippen LogP contribution is -2.09. The average Bonchev–Trinajstić information content (AvgIpc) is 3.20. The van der Waals surface area contributed by atoms with E-state index in [0.717, 1.165) is 17.7 Å². The lowest BCUT2D eigenvalue weighted by molar-refractivity contribution is 0.335. The van der Waals surface area contributed by atoms with Crippen molar-refractivity contribution in [2.75, 3.05) is 12.3 Å². The number of rotatable bonds is 7. The lowest BCUT2D eigenvalue weighted by atomic mass is 10.1. The highest BCUT2D eigenvalue weighted by Gasteiger charge is 2.20. The predicted molar refractivity (Wildman–Crippen MR) is 103 cm³/mol. The Morgan fingerprint density at radius 1 is 1.32 bits per heavy atom. The number of aromatic nitrogens is 5. The van der Waals surface area contributed by atoms with E-state index in [9.17, 15) is 8.78 Å². The van der Waals surface area contributed by atoms with E-state index >= 15 is 0 Å². The number of H-pyrrole nitrogens is 1. The summed E-state index contributed by atoms with van der Waals surface area (Å²) in [6.07, 6.45) is 5.06. The van der Waals surface area contributed by atoms with E-state index in [4.69, 9.17) is 10.5 Å². The summed E-state index contributed by atoms with van der Waals surface area (Å²) in [5, 5.41) is 11.0. The third-order valence-corrected chi connectivity index (χ3v) is 4.08. The van der Waals surface area contributed by atoms with Crippen molar-refractivity contribution >= 4 is 12.0 Å². The first-order valence-corrected chi connectivity index (χ1v) is 8.60. The van der Waals surface area contributed by atoms with Crippen molar-refractivity contribution in [2.45, 2.75) is 20.4 Å². The minimum absolute atomic E-state index is 0.123. The molecule has 0 fully saturated rings. The van der Waals surface area contributed by atoms with Gasteiger partial charge < -0.3 is 10.5 Å². The molecule has 0 unspecified atom stereocenters. The number of hydrogen-bond donors (Lipinski definition) is 2. The highest BCUT2D eigenvalue weighted by molar-refractivity contribution is 5.64. The number of nitrogen functional groups attached to an aromatic ring is 1. The Hall–Kier alpha value is -3.49. The molecule has 0 bridgehead atoms. The maximum atomic E-state index is 14.5. The molecule has 0 aliphatic rings. The molecule has 2 aromatic heterocycles. The van der Waals surface area contributed by atoms with Crippen LogP contribution in [0.1, 0.15) is 23.7 Å². The maximum absolute atomic E-state index is 14.5. The largest absolute Gasteiger partial charge is 0.494 e. The van der Waals surface area contributed by atoms with E-state index in [1.165, 1.54) is 4.68 Å². The Bertz CT molecular complexity index is 1010. The smallest absolute Gasteiger partial charge is 0.216 e. The van der Waals surface area contributed by atoms with Crippen LogP contribution in [0, 0.1) is 18.6 Å². The van der Waals surface area contributed by atoms with Crippen LogP contribution in [0.4, 0.5) is 14.7 Å². The van der Waals surface area contributed by atoms with Gasteiger partial charge in [0.1, 0.15) is 23.1 Å². The molecule has 0 aliphatic carbocycles. The minimum atomic E-state index is -0.709. The van der Waals surface area contributed by atoms with Gasteiger partial charge in [0.05, 0.1) is 18.8 Å². The minimum Gasteiger partial charge on any atom is -0.494 e. The van der Waals surface area contributed by atoms with E-state index < -0.39 is 11.6 Å². The number of anilines is 1. The number of ether oxygens (including phenoxy) is 1. The fourth-order valence-corrected chi connectivity index (χ4v) is 2.78. The summed E-state index contributed by atoms with van der Waals surface area (Å²) in [5.74, 6) is -0.829. The zero-order valence-electron chi connectivity index (χ0n) is 15.5. The average molecular weight is 386 g/mol. The van der Waals surface area contributed by atoms with Crippen LogP contribution < -0.4 is 10.5 Å². The van der Waals surface area contributed by atoms with E-state index in [0.29, 0.717) is 23.8 Å². The van der Waals surface area contributed by atoms with Gasteiger partial charge in [0.25, 0.3) is 0 Å². The van der Waals surface area contributed by atoms with Gasteiger partial charge in [0.15, 0.2) is 0 Å². The molecule has 1 aromatic carbocycles. The molecule has 2 heterocycles. The molecule has 146 valence electrons. The molecular formula is C19H20F2N6O. The molecule has 7 nitrogen and oxygen atoms in total. The maximum Gasteiger partial charge on any atom is 0.216 e. The fraction of sp³-hybridized carbons (Fsp3) is 0.211. The van der Waals surface area contributed by atoms with Gasteiger partial charge in [-0.2, -0.15) is 15.2 Å². The number of nitrogens with two attached hydrogens (primary N) is 1. The third-order valence-electron chi connectivity index (χ3n) is 4.08. The van der Waals surface area contributed by atoms with Gasteiger partial charge in [0.2, 0.25) is 11.8 Å². The topological polar surface area (TPSA) is 94.6 Å². The Kier molecular flexibility index (Phi) is 5.53. The Labute approximate surface area is 160 Å². The molecule has 3 N–H and O–H groups in total. The normalized spacial score (nSPS) is 11.3. The summed E-state index contributed by atoms with van der Waals surface area (Å²) in [5.41, 5.74) is 7.31. The lowest BCUT2D eigenvalue weighted by Gasteiger charge is -2.10. The van der Waals surface area contributed by atoms with Gasteiger partial charge in [0, 0.05) is 23.3 Å². The van der Waals surface area contributed by atoms with Gasteiger partial charge in [-0.15, -0.1) is 0 Å². The van der Waals surface area contributed by atoms with Crippen molar-refractivity contribution in [1.82, 2.24) is 25.0 Å². The van der Waals surface area contributed by atoms with Gasteiger partial charge in [-0.25, -0.2) is 13.9 Å². The molecule has 9 heteroatoms. The zero-order valence-corrected chi connectivity index (χ0v) is 15.5. The third kappa shape index (κ3) is 3.78. The second-order valence-electron chi connectivity index (χ2n) is 5.95. The summed E-state index contributed by atoms with van der Waals surface area (Å²) in [7, 11) is 0. The molecule has 28 heavy (non-hydrogen) atoms. The highest BCUT2D eigenvalue weighted by Crippen LogP contribution is 2.26. The second-order valence-corrected chi connectivity index (χ2v) is 5.95. The number of benzene rings is 1. The van der Waals surface area contributed by atoms with E-state index in [2.05, 4.69) is 26.9 Å². The number of nitrogens with zero attached hydrogens (tertiary/aromatic N) is 4. The summed E-state index contributed by atoms with van der Waals surface area (Å²) in [4.78, 5) is 4.08. The highest BCUT2D eigenvalue weighted by atomic mass is 19.1. The van der Waals surface area contributed by atoms with E-state index in [-0.39, 0.29) is 23.8 Å². The van der Waals surface area contributed by atoms with Crippen LogP contribution in [-0.4, -0.2) is 31.6 Å². The first-order chi connectivity index (χ1) is 13.4. The van der Waals surface area contributed by atoms with Gasteiger partial charge in [-0.1, -0.05) is 18.7 Å². The molecule has 0 atom stereocenters. The Balaban J connectivity index is 2.06. The molecule has 0 aliphatic heterocycles. The summed E-state index contributed by atoms with van der Waals surface area (Å²) in [6, 6.07) is 2.32. The van der Waals surface area contributed by atoms with Crippen LogP contribution in [0.15, 0.2) is 30.9 Å². The van der Waals surface area contributed by atoms with E-state index in [1.807, 2.05) is 6.92 Å². The van der Waals surface area contributed by atoms with E-state index in [1.54, 1.807) is 25.2 Å². The van der Waals surface area contributed by atoms with Crippen molar-refractivity contribution in [2.24, 2.45) is 0 Å². The number of allylic oxidation sites excluding steroid dienone is 2. The van der Waals surface area contributed by atoms with Crippen LogP contribution in [-0.2, 0) is 6.54 Å². The van der Waals surface area contributed by atoms with Crippen molar-refractivity contribution in [1.29, 1.82) is 0 Å². The number of nitrogens with one attached hydrogen (secondary N) is 1. The van der Waals surface area contributed by atoms with Crippen molar-refractivity contribution in [3.05, 3.63) is 59.3 Å². The van der Waals surface area contributed by atoms with Crippen LogP contribution in [0.2, 0.25) is 0 Å². The monoisotopic (exact) mass is 386 g/mol. The molecule has 0 spiro atoms. The Morgan fingerprint density at radius 3 is 2.61 bits per heavy atom. The molecule has 3 rings (SSSR count). The molecule has 0 radical (unpaired) electrons. The first-order valence-electron chi connectivity index (χ1n) is 8.60. The predicted octanol–water partition coefficient (Wildman–Crippen LogP) is 3.48. The quantitative estimate of drug-likeness (QED) is 0.606. The van der Waals surface area contributed by atoms with Gasteiger partial charge in [-0.3, -0.25) is 4.68 Å². The molecule has 0 saturated carbocycles. The number of halogens is 2. The van der Waals surface area contributed by atoms with Crippen LogP contribution in [0.3, 0.4) is 0 Å². The standard InChI is InChI=1S/C19H20F2N6O/c1-4-6-7-16-11(3)17(18-23-19(22)25-24-18)26-27(16)10-13-14(20)8-12(28-5-2)9-15(13)21/h4,6-9H,1,5,10H2,2-3H3,(H3,22,23,24,25)/b7-6-. The number of aromatic amines is 1. The summed E-state index contributed by atoms with van der Waals surface area (Å²) < 4.78 is 35.7. The van der Waals surface area contributed by atoms with Crippen LogP contribution in [0.5, 0.6) is 5.75 Å². The zero-order chi connectivity index (χ0) is 20.3. The molecule has 0 saturated heterocycles. The first kappa shape index (κ1) is 19.3. The number of hydrogen-bond acceptors (Lipinski definition) is 5. The van der Waals surface area contributed by atoms with Crippen molar-refractivity contribution < 1.29 is 13.5 Å². The summed E-state index contributed by atoms with van der Waals surface area (Å²) in [6.45, 7) is 7.40. The van der Waals surface area contributed by atoms with Gasteiger partial charge >= 0.3 is 0 Å². The van der Waals surface area contributed by atoms with Crippen molar-refractivity contribution in [3.8, 4) is 17.3 Å².